The Morgan fingerprint density at radius 3 is 2.48 bits per heavy atom. The number of aromatic nitrogens is 2. The Hall–Kier alpha value is -1.88. The minimum absolute atomic E-state index is 0.112. The molecule has 23 heavy (non-hydrogen) atoms. The molecule has 1 aliphatic rings. The summed E-state index contributed by atoms with van der Waals surface area (Å²) in [5, 5.41) is 10.4. The van der Waals surface area contributed by atoms with E-state index in [1.807, 2.05) is 33.7 Å². The number of rotatable bonds is 3. The molecule has 5 nitrogen and oxygen atoms in total. The van der Waals surface area contributed by atoms with Gasteiger partial charge in [-0.15, -0.1) is 0 Å². The largest absolute Gasteiger partial charge is 0.383 e. The van der Waals surface area contributed by atoms with Crippen molar-refractivity contribution in [2.75, 3.05) is 13.1 Å². The molecule has 2 aromatic rings. The summed E-state index contributed by atoms with van der Waals surface area (Å²) in [6.07, 6.45) is 4.56. The standard InChI is InChI=1S/C18H25N3O2/c1-18(2,23)17-19-14-9-5-6-10-15(14)21(17)13-16(22)20-11-7-3-4-8-12-20/h5-6,9-10,23H,3-4,7-8,11-13H2,1-2H3. The highest BCUT2D eigenvalue weighted by atomic mass is 16.3. The number of fused-ring (bicyclic) bond motifs is 1. The van der Waals surface area contributed by atoms with Gasteiger partial charge in [-0.05, 0) is 38.8 Å². The number of likely N-dealkylation sites (tertiary alicyclic amines) is 1. The Labute approximate surface area is 136 Å². The summed E-state index contributed by atoms with van der Waals surface area (Å²) < 4.78 is 1.86. The van der Waals surface area contributed by atoms with Crippen LogP contribution >= 0.6 is 0 Å². The maximum Gasteiger partial charge on any atom is 0.242 e. The number of aliphatic hydroxyl groups is 1. The van der Waals surface area contributed by atoms with Gasteiger partial charge in [-0.2, -0.15) is 0 Å². The first kappa shape index (κ1) is 16.0. The quantitative estimate of drug-likeness (QED) is 0.947. The molecule has 1 aromatic heterocycles. The van der Waals surface area contributed by atoms with Crippen molar-refractivity contribution >= 4 is 16.9 Å². The molecule has 3 rings (SSSR count). The molecule has 0 aliphatic carbocycles. The van der Waals surface area contributed by atoms with Crippen molar-refractivity contribution in [3.05, 3.63) is 30.1 Å². The highest BCUT2D eigenvalue weighted by Crippen LogP contribution is 2.25. The van der Waals surface area contributed by atoms with E-state index in [0.29, 0.717) is 5.82 Å². The van der Waals surface area contributed by atoms with Crippen LogP contribution in [0.2, 0.25) is 0 Å². The van der Waals surface area contributed by atoms with Gasteiger partial charge in [-0.25, -0.2) is 4.98 Å². The molecular weight excluding hydrogens is 290 g/mol. The van der Waals surface area contributed by atoms with Gasteiger partial charge in [0.1, 0.15) is 18.0 Å². The zero-order valence-corrected chi connectivity index (χ0v) is 14.0. The third kappa shape index (κ3) is 3.39. The molecule has 1 saturated heterocycles. The molecule has 1 aliphatic heterocycles. The average molecular weight is 315 g/mol. The average Bonchev–Trinajstić information content (AvgIpc) is 2.70. The van der Waals surface area contributed by atoms with Crippen LogP contribution in [0.3, 0.4) is 0 Å². The maximum absolute atomic E-state index is 12.7. The van der Waals surface area contributed by atoms with E-state index in [4.69, 9.17) is 0 Å². The molecule has 1 N–H and O–H groups in total. The summed E-state index contributed by atoms with van der Waals surface area (Å²) in [6, 6.07) is 7.72. The van der Waals surface area contributed by atoms with Crippen LogP contribution < -0.4 is 0 Å². The topological polar surface area (TPSA) is 58.4 Å². The third-order valence-corrected chi connectivity index (χ3v) is 4.45. The van der Waals surface area contributed by atoms with E-state index in [2.05, 4.69) is 4.98 Å². The molecule has 0 saturated carbocycles. The van der Waals surface area contributed by atoms with Gasteiger partial charge in [-0.1, -0.05) is 25.0 Å². The van der Waals surface area contributed by atoms with Gasteiger partial charge in [0.25, 0.3) is 0 Å². The van der Waals surface area contributed by atoms with Gasteiger partial charge in [0, 0.05) is 13.1 Å². The summed E-state index contributed by atoms with van der Waals surface area (Å²) in [5.41, 5.74) is 0.624. The van der Waals surface area contributed by atoms with Gasteiger partial charge in [-0.3, -0.25) is 4.79 Å². The molecule has 0 bridgehead atoms. The minimum Gasteiger partial charge on any atom is -0.383 e. The Kier molecular flexibility index (Phi) is 4.39. The number of carbonyl (C=O) groups excluding carboxylic acids is 1. The van der Waals surface area contributed by atoms with E-state index >= 15 is 0 Å². The van der Waals surface area contributed by atoms with Crippen molar-refractivity contribution in [2.45, 2.75) is 51.7 Å². The Bertz CT molecular complexity index is 692. The fourth-order valence-corrected chi connectivity index (χ4v) is 3.26. The van der Waals surface area contributed by atoms with Gasteiger partial charge < -0.3 is 14.6 Å². The highest BCUT2D eigenvalue weighted by molar-refractivity contribution is 5.81. The molecule has 0 radical (unpaired) electrons. The van der Waals surface area contributed by atoms with E-state index in [1.165, 1.54) is 12.8 Å². The summed E-state index contributed by atoms with van der Waals surface area (Å²) in [4.78, 5) is 19.2. The molecule has 2 heterocycles. The summed E-state index contributed by atoms with van der Waals surface area (Å²) >= 11 is 0. The third-order valence-electron chi connectivity index (χ3n) is 4.45. The van der Waals surface area contributed by atoms with Crippen molar-refractivity contribution in [2.24, 2.45) is 0 Å². The molecule has 5 heteroatoms. The summed E-state index contributed by atoms with van der Waals surface area (Å²) in [6.45, 7) is 5.33. The lowest BCUT2D eigenvalue weighted by Crippen LogP contribution is -2.36. The van der Waals surface area contributed by atoms with Crippen LogP contribution in [-0.4, -0.2) is 38.6 Å². The molecule has 124 valence electrons. The number of hydrogen-bond donors (Lipinski definition) is 1. The lowest BCUT2D eigenvalue weighted by Gasteiger charge is -2.23. The Morgan fingerprint density at radius 2 is 1.83 bits per heavy atom. The van der Waals surface area contributed by atoms with E-state index in [9.17, 15) is 9.90 Å². The predicted molar refractivity (Wildman–Crippen MR) is 90.0 cm³/mol. The molecule has 0 atom stereocenters. The van der Waals surface area contributed by atoms with Crippen LogP contribution in [0.1, 0.15) is 45.4 Å². The molecule has 0 unspecified atom stereocenters. The van der Waals surface area contributed by atoms with Crippen molar-refractivity contribution < 1.29 is 9.90 Å². The lowest BCUT2D eigenvalue weighted by molar-refractivity contribution is -0.131. The van der Waals surface area contributed by atoms with Crippen molar-refractivity contribution in [1.82, 2.24) is 14.5 Å². The number of hydrogen-bond acceptors (Lipinski definition) is 3. The maximum atomic E-state index is 12.7. The van der Waals surface area contributed by atoms with Crippen LogP contribution in [0.4, 0.5) is 0 Å². The van der Waals surface area contributed by atoms with E-state index in [-0.39, 0.29) is 12.5 Å². The smallest absolute Gasteiger partial charge is 0.242 e. The zero-order valence-electron chi connectivity index (χ0n) is 14.0. The minimum atomic E-state index is -1.09. The van der Waals surface area contributed by atoms with E-state index < -0.39 is 5.60 Å². The van der Waals surface area contributed by atoms with Gasteiger partial charge in [0.05, 0.1) is 11.0 Å². The van der Waals surface area contributed by atoms with Crippen LogP contribution in [-0.2, 0) is 16.9 Å². The second-order valence-electron chi connectivity index (χ2n) is 6.86. The van der Waals surface area contributed by atoms with Gasteiger partial charge in [0.15, 0.2) is 0 Å². The Balaban J connectivity index is 1.93. The van der Waals surface area contributed by atoms with Gasteiger partial charge in [0.2, 0.25) is 5.91 Å². The first-order valence-corrected chi connectivity index (χ1v) is 8.43. The summed E-state index contributed by atoms with van der Waals surface area (Å²) in [5.74, 6) is 0.655. The first-order valence-electron chi connectivity index (χ1n) is 8.43. The number of amides is 1. The second-order valence-corrected chi connectivity index (χ2v) is 6.86. The van der Waals surface area contributed by atoms with Crippen LogP contribution in [0, 0.1) is 0 Å². The fourth-order valence-electron chi connectivity index (χ4n) is 3.26. The number of carbonyl (C=O) groups is 1. The van der Waals surface area contributed by atoms with Crippen molar-refractivity contribution in [1.29, 1.82) is 0 Å². The van der Waals surface area contributed by atoms with Crippen LogP contribution in [0.25, 0.3) is 11.0 Å². The van der Waals surface area contributed by atoms with Crippen molar-refractivity contribution in [3.63, 3.8) is 0 Å². The van der Waals surface area contributed by atoms with Crippen LogP contribution in [0.5, 0.6) is 0 Å². The number of imidazole rings is 1. The number of para-hydroxylation sites is 2. The van der Waals surface area contributed by atoms with Crippen LogP contribution in [0.15, 0.2) is 24.3 Å². The highest BCUT2D eigenvalue weighted by Gasteiger charge is 2.27. The molecular formula is C18H25N3O2. The van der Waals surface area contributed by atoms with Gasteiger partial charge >= 0.3 is 0 Å². The normalized spacial score (nSPS) is 16.6. The first-order chi connectivity index (χ1) is 11.0. The molecule has 0 spiro atoms. The van der Waals surface area contributed by atoms with E-state index in [1.54, 1.807) is 13.8 Å². The lowest BCUT2D eigenvalue weighted by atomic mass is 10.1. The van der Waals surface area contributed by atoms with E-state index in [0.717, 1.165) is 37.0 Å². The fraction of sp³-hybridized carbons (Fsp3) is 0.556. The number of benzene rings is 1. The second kappa shape index (κ2) is 6.32. The Morgan fingerprint density at radius 1 is 1.17 bits per heavy atom. The SMILES string of the molecule is CC(C)(O)c1nc2ccccc2n1CC(=O)N1CCCCCC1. The monoisotopic (exact) mass is 315 g/mol. The molecule has 1 amide bonds. The molecule has 1 fully saturated rings. The zero-order chi connectivity index (χ0) is 16.4. The van der Waals surface area contributed by atoms with Crippen molar-refractivity contribution in [3.8, 4) is 0 Å². The number of nitrogens with zero attached hydrogens (tertiary/aromatic N) is 3. The summed E-state index contributed by atoms with van der Waals surface area (Å²) in [7, 11) is 0. The molecule has 1 aromatic carbocycles. The predicted octanol–water partition coefficient (Wildman–Crippen LogP) is 2.67.